The highest BCUT2D eigenvalue weighted by Gasteiger charge is 2.12. The Balaban J connectivity index is 1.73. The van der Waals surface area contributed by atoms with Gasteiger partial charge in [-0.15, -0.1) is 0 Å². The van der Waals surface area contributed by atoms with Crippen LogP contribution in [0.5, 0.6) is 0 Å². The van der Waals surface area contributed by atoms with Gasteiger partial charge < -0.3 is 10.2 Å². The average molecular weight is 346 g/mol. The SMILES string of the molecule is CN(Cc1ccc(F)cc1F)C(=O)CCCNC(=O)c1ccccc1. The molecular weight excluding hydrogens is 326 g/mol. The fraction of sp³-hybridized carbons (Fsp3) is 0.263. The van der Waals surface area contributed by atoms with Gasteiger partial charge in [0.2, 0.25) is 5.91 Å². The second kappa shape index (κ2) is 8.92. The van der Waals surface area contributed by atoms with Crippen molar-refractivity contribution in [1.29, 1.82) is 0 Å². The van der Waals surface area contributed by atoms with Crippen LogP contribution in [0.1, 0.15) is 28.8 Å². The minimum Gasteiger partial charge on any atom is -0.352 e. The highest BCUT2D eigenvalue weighted by molar-refractivity contribution is 5.94. The van der Waals surface area contributed by atoms with Crippen molar-refractivity contribution < 1.29 is 18.4 Å². The Morgan fingerprint density at radius 3 is 2.48 bits per heavy atom. The molecule has 0 fully saturated rings. The molecule has 2 rings (SSSR count). The minimum atomic E-state index is -0.672. The van der Waals surface area contributed by atoms with E-state index in [9.17, 15) is 18.4 Å². The molecule has 2 amide bonds. The number of rotatable bonds is 7. The second-order valence-electron chi connectivity index (χ2n) is 5.71. The van der Waals surface area contributed by atoms with Crippen LogP contribution in [0.4, 0.5) is 8.78 Å². The lowest BCUT2D eigenvalue weighted by molar-refractivity contribution is -0.130. The van der Waals surface area contributed by atoms with Crippen LogP contribution in [0.15, 0.2) is 48.5 Å². The molecule has 4 nitrogen and oxygen atoms in total. The average Bonchev–Trinajstić information content (AvgIpc) is 2.61. The molecule has 0 heterocycles. The number of amides is 2. The summed E-state index contributed by atoms with van der Waals surface area (Å²) in [4.78, 5) is 25.3. The van der Waals surface area contributed by atoms with E-state index in [-0.39, 0.29) is 30.3 Å². The van der Waals surface area contributed by atoms with Crippen molar-refractivity contribution >= 4 is 11.8 Å². The number of benzene rings is 2. The maximum Gasteiger partial charge on any atom is 0.251 e. The van der Waals surface area contributed by atoms with E-state index in [1.165, 1.54) is 11.0 Å². The molecule has 1 N–H and O–H groups in total. The van der Waals surface area contributed by atoms with Gasteiger partial charge in [0.05, 0.1) is 0 Å². The molecule has 132 valence electrons. The van der Waals surface area contributed by atoms with Gasteiger partial charge in [0.15, 0.2) is 0 Å². The zero-order valence-corrected chi connectivity index (χ0v) is 14.0. The van der Waals surface area contributed by atoms with Gasteiger partial charge >= 0.3 is 0 Å². The Bertz CT molecular complexity index is 735. The van der Waals surface area contributed by atoms with Gasteiger partial charge in [-0.05, 0) is 24.6 Å². The number of nitrogens with zero attached hydrogens (tertiary/aromatic N) is 1. The normalized spacial score (nSPS) is 10.4. The predicted molar refractivity (Wildman–Crippen MR) is 90.8 cm³/mol. The summed E-state index contributed by atoms with van der Waals surface area (Å²) in [6.45, 7) is 0.444. The van der Waals surface area contributed by atoms with E-state index >= 15 is 0 Å². The van der Waals surface area contributed by atoms with E-state index in [2.05, 4.69) is 5.32 Å². The van der Waals surface area contributed by atoms with Crippen LogP contribution in [-0.4, -0.2) is 30.3 Å². The molecule has 0 aliphatic carbocycles. The van der Waals surface area contributed by atoms with Crippen LogP contribution in [0.25, 0.3) is 0 Å². The third kappa shape index (κ3) is 5.67. The highest BCUT2D eigenvalue weighted by atomic mass is 19.1. The first kappa shape index (κ1) is 18.6. The first-order valence-corrected chi connectivity index (χ1v) is 7.98. The number of carbonyl (C=O) groups excluding carboxylic acids is 2. The lowest BCUT2D eigenvalue weighted by atomic mass is 10.2. The summed E-state index contributed by atoms with van der Waals surface area (Å²) in [7, 11) is 1.56. The molecule has 25 heavy (non-hydrogen) atoms. The van der Waals surface area contributed by atoms with E-state index in [1.807, 2.05) is 6.07 Å². The molecule has 0 aliphatic heterocycles. The number of carbonyl (C=O) groups is 2. The summed E-state index contributed by atoms with van der Waals surface area (Å²) in [5.74, 6) is -1.67. The lowest BCUT2D eigenvalue weighted by Gasteiger charge is -2.17. The highest BCUT2D eigenvalue weighted by Crippen LogP contribution is 2.12. The van der Waals surface area contributed by atoms with Gasteiger partial charge in [0.1, 0.15) is 11.6 Å². The van der Waals surface area contributed by atoms with Crippen LogP contribution >= 0.6 is 0 Å². The molecule has 0 spiro atoms. The number of nitrogens with one attached hydrogen (secondary N) is 1. The third-order valence-corrected chi connectivity index (χ3v) is 3.74. The Morgan fingerprint density at radius 1 is 1.08 bits per heavy atom. The van der Waals surface area contributed by atoms with Crippen LogP contribution in [0.3, 0.4) is 0 Å². The topological polar surface area (TPSA) is 49.4 Å². The zero-order valence-electron chi connectivity index (χ0n) is 14.0. The standard InChI is InChI=1S/C19H20F2N2O2/c1-23(13-15-9-10-16(20)12-17(15)21)18(24)8-5-11-22-19(25)14-6-3-2-4-7-14/h2-4,6-7,9-10,12H,5,8,11,13H2,1H3,(H,22,25). The summed E-state index contributed by atoms with van der Waals surface area (Å²) in [6.07, 6.45) is 0.710. The van der Waals surface area contributed by atoms with Crippen molar-refractivity contribution in [3.8, 4) is 0 Å². The Kier molecular flexibility index (Phi) is 6.62. The quantitative estimate of drug-likeness (QED) is 0.783. The summed E-state index contributed by atoms with van der Waals surface area (Å²) in [5, 5.41) is 2.75. The maximum atomic E-state index is 13.6. The molecule has 2 aromatic carbocycles. The first-order chi connectivity index (χ1) is 12.0. The lowest BCUT2D eigenvalue weighted by Crippen LogP contribution is -2.29. The van der Waals surface area contributed by atoms with Crippen LogP contribution < -0.4 is 5.32 Å². The van der Waals surface area contributed by atoms with Gasteiger partial charge in [-0.2, -0.15) is 0 Å². The van der Waals surface area contributed by atoms with Crippen molar-refractivity contribution in [2.45, 2.75) is 19.4 Å². The molecular formula is C19H20F2N2O2. The van der Waals surface area contributed by atoms with Crippen molar-refractivity contribution in [3.05, 3.63) is 71.3 Å². The molecule has 6 heteroatoms. The van der Waals surface area contributed by atoms with Gasteiger partial charge in [0, 0.05) is 43.8 Å². The summed E-state index contributed by atoms with van der Waals surface area (Å²) in [6, 6.07) is 12.1. The van der Waals surface area contributed by atoms with E-state index in [0.29, 0.717) is 18.5 Å². The Hall–Kier alpha value is -2.76. The van der Waals surface area contributed by atoms with E-state index in [1.54, 1.807) is 31.3 Å². The van der Waals surface area contributed by atoms with Crippen molar-refractivity contribution in [2.24, 2.45) is 0 Å². The van der Waals surface area contributed by atoms with Gasteiger partial charge in [-0.3, -0.25) is 9.59 Å². The monoisotopic (exact) mass is 346 g/mol. The second-order valence-corrected chi connectivity index (χ2v) is 5.71. The fourth-order valence-corrected chi connectivity index (χ4v) is 2.32. The summed E-state index contributed by atoms with van der Waals surface area (Å²) in [5.41, 5.74) is 0.826. The zero-order chi connectivity index (χ0) is 18.2. The van der Waals surface area contributed by atoms with Gasteiger partial charge in [0.25, 0.3) is 5.91 Å². The molecule has 2 aromatic rings. The molecule has 0 saturated carbocycles. The van der Waals surface area contributed by atoms with Crippen LogP contribution in [0.2, 0.25) is 0 Å². The van der Waals surface area contributed by atoms with Crippen molar-refractivity contribution in [3.63, 3.8) is 0 Å². The molecule has 0 unspecified atom stereocenters. The first-order valence-electron chi connectivity index (χ1n) is 7.98. The Labute approximate surface area is 145 Å². The van der Waals surface area contributed by atoms with Crippen LogP contribution in [0, 0.1) is 11.6 Å². The fourth-order valence-electron chi connectivity index (χ4n) is 2.32. The number of halogens is 2. The number of hydrogen-bond donors (Lipinski definition) is 1. The minimum absolute atomic E-state index is 0.0708. The molecule has 0 aliphatic rings. The molecule has 0 aromatic heterocycles. The van der Waals surface area contributed by atoms with E-state index in [4.69, 9.17) is 0 Å². The molecule has 0 radical (unpaired) electrons. The number of hydrogen-bond acceptors (Lipinski definition) is 2. The van der Waals surface area contributed by atoms with E-state index in [0.717, 1.165) is 12.1 Å². The van der Waals surface area contributed by atoms with Gasteiger partial charge in [-0.1, -0.05) is 24.3 Å². The smallest absolute Gasteiger partial charge is 0.251 e. The maximum absolute atomic E-state index is 13.6. The molecule has 0 atom stereocenters. The largest absolute Gasteiger partial charge is 0.352 e. The molecule has 0 saturated heterocycles. The summed E-state index contributed by atoms with van der Waals surface area (Å²) >= 11 is 0. The van der Waals surface area contributed by atoms with Crippen molar-refractivity contribution in [1.82, 2.24) is 10.2 Å². The summed E-state index contributed by atoms with van der Waals surface area (Å²) < 4.78 is 26.5. The Morgan fingerprint density at radius 2 is 1.80 bits per heavy atom. The van der Waals surface area contributed by atoms with Gasteiger partial charge in [-0.25, -0.2) is 8.78 Å². The molecule has 0 bridgehead atoms. The van der Waals surface area contributed by atoms with Crippen LogP contribution in [-0.2, 0) is 11.3 Å². The third-order valence-electron chi connectivity index (χ3n) is 3.74. The predicted octanol–water partition coefficient (Wildman–Crippen LogP) is 3.13. The van der Waals surface area contributed by atoms with Crippen molar-refractivity contribution in [2.75, 3.05) is 13.6 Å². The van der Waals surface area contributed by atoms with E-state index < -0.39 is 11.6 Å².